The van der Waals surface area contributed by atoms with Crippen LogP contribution in [0.3, 0.4) is 0 Å². The van der Waals surface area contributed by atoms with Crippen molar-refractivity contribution in [3.63, 3.8) is 0 Å². The summed E-state index contributed by atoms with van der Waals surface area (Å²) in [6, 6.07) is 10.1. The fraction of sp³-hybridized carbons (Fsp3) is 0.667. The number of rotatable bonds is 6. The summed E-state index contributed by atoms with van der Waals surface area (Å²) in [6.45, 7) is 11.9. The molecule has 0 amide bonds. The predicted octanol–water partition coefficient (Wildman–Crippen LogP) is 3.61. The van der Waals surface area contributed by atoms with Gasteiger partial charge in [-0.1, -0.05) is 32.0 Å². The summed E-state index contributed by atoms with van der Waals surface area (Å²) < 4.78 is 5.83. The zero-order valence-electron chi connectivity index (χ0n) is 13.9. The van der Waals surface area contributed by atoms with Crippen LogP contribution in [0.15, 0.2) is 24.3 Å². The topological polar surface area (TPSA) is 24.5 Å². The summed E-state index contributed by atoms with van der Waals surface area (Å²) in [6.07, 6.45) is 2.37. The molecule has 0 bridgehead atoms. The Kier molecular flexibility index (Phi) is 6.07. The molecule has 3 atom stereocenters. The van der Waals surface area contributed by atoms with Crippen LogP contribution in [-0.2, 0) is 0 Å². The van der Waals surface area contributed by atoms with E-state index in [-0.39, 0.29) is 0 Å². The Morgan fingerprint density at radius 2 is 2.00 bits per heavy atom. The van der Waals surface area contributed by atoms with Crippen molar-refractivity contribution in [2.45, 2.75) is 58.7 Å². The molecule has 1 aromatic carbocycles. The van der Waals surface area contributed by atoms with Crippen LogP contribution in [0.5, 0.6) is 5.75 Å². The number of hydrogen-bond acceptors (Lipinski definition) is 3. The molecular weight excluding hydrogens is 260 g/mol. The fourth-order valence-corrected chi connectivity index (χ4v) is 3.31. The van der Waals surface area contributed by atoms with E-state index in [0.29, 0.717) is 18.1 Å². The van der Waals surface area contributed by atoms with Crippen molar-refractivity contribution in [3.05, 3.63) is 29.8 Å². The molecule has 1 aromatic rings. The maximum Gasteiger partial charge on any atom is 0.124 e. The van der Waals surface area contributed by atoms with Crippen LogP contribution in [-0.4, -0.2) is 36.7 Å². The van der Waals surface area contributed by atoms with Crippen LogP contribution in [0.4, 0.5) is 0 Å². The summed E-state index contributed by atoms with van der Waals surface area (Å²) in [7, 11) is 0. The molecule has 0 radical (unpaired) electrons. The first-order valence-corrected chi connectivity index (χ1v) is 8.42. The molecule has 3 heteroatoms. The third kappa shape index (κ3) is 3.78. The van der Waals surface area contributed by atoms with Crippen LogP contribution in [0.2, 0.25) is 0 Å². The molecule has 2 rings (SSSR count). The first-order valence-electron chi connectivity index (χ1n) is 8.42. The van der Waals surface area contributed by atoms with Gasteiger partial charge in [0.1, 0.15) is 5.75 Å². The molecule has 1 fully saturated rings. The lowest BCUT2D eigenvalue weighted by Gasteiger charge is -2.43. The van der Waals surface area contributed by atoms with Crippen LogP contribution >= 0.6 is 0 Å². The Hall–Kier alpha value is -1.06. The van der Waals surface area contributed by atoms with E-state index in [0.717, 1.165) is 25.4 Å². The minimum atomic E-state index is 0.397. The van der Waals surface area contributed by atoms with Crippen LogP contribution < -0.4 is 10.1 Å². The Labute approximate surface area is 129 Å². The standard InChI is InChI=1S/C18H30N2O/c1-5-15-13-20(16(6-2)12-19-15)14(4)17-10-8-9-11-18(17)21-7-3/h8-11,14-16,19H,5-7,12-13H2,1-4H3. The van der Waals surface area contributed by atoms with E-state index < -0.39 is 0 Å². The molecule has 21 heavy (non-hydrogen) atoms. The highest BCUT2D eigenvalue weighted by Gasteiger charge is 2.30. The number of para-hydroxylation sites is 1. The smallest absolute Gasteiger partial charge is 0.124 e. The number of ether oxygens (including phenoxy) is 1. The zero-order valence-corrected chi connectivity index (χ0v) is 13.9. The van der Waals surface area contributed by atoms with E-state index >= 15 is 0 Å². The van der Waals surface area contributed by atoms with Gasteiger partial charge in [0.15, 0.2) is 0 Å². The molecular formula is C18H30N2O. The minimum absolute atomic E-state index is 0.397. The predicted molar refractivity (Wildman–Crippen MR) is 88.9 cm³/mol. The molecule has 1 N–H and O–H groups in total. The Morgan fingerprint density at radius 3 is 2.67 bits per heavy atom. The van der Waals surface area contributed by atoms with Crippen molar-refractivity contribution in [3.8, 4) is 5.75 Å². The van der Waals surface area contributed by atoms with Gasteiger partial charge in [0, 0.05) is 36.8 Å². The summed E-state index contributed by atoms with van der Waals surface area (Å²) in [4.78, 5) is 2.66. The van der Waals surface area contributed by atoms with Crippen LogP contribution in [0, 0.1) is 0 Å². The van der Waals surface area contributed by atoms with Crippen molar-refractivity contribution in [1.82, 2.24) is 10.2 Å². The maximum atomic E-state index is 5.83. The van der Waals surface area contributed by atoms with Crippen LogP contribution in [0.25, 0.3) is 0 Å². The normalized spacial score (nSPS) is 24.8. The van der Waals surface area contributed by atoms with Crippen molar-refractivity contribution >= 4 is 0 Å². The van der Waals surface area contributed by atoms with E-state index in [1.165, 1.54) is 18.4 Å². The summed E-state index contributed by atoms with van der Waals surface area (Å²) in [5, 5.41) is 3.67. The molecule has 1 heterocycles. The molecule has 3 unspecified atom stereocenters. The van der Waals surface area contributed by atoms with Gasteiger partial charge in [0.25, 0.3) is 0 Å². The molecule has 0 saturated carbocycles. The van der Waals surface area contributed by atoms with Crippen LogP contribution in [0.1, 0.15) is 52.1 Å². The highest BCUT2D eigenvalue weighted by atomic mass is 16.5. The first-order chi connectivity index (χ1) is 10.2. The summed E-state index contributed by atoms with van der Waals surface area (Å²) in [5.74, 6) is 1.04. The van der Waals surface area contributed by atoms with Gasteiger partial charge in [-0.2, -0.15) is 0 Å². The highest BCUT2D eigenvalue weighted by Crippen LogP contribution is 2.32. The van der Waals surface area contributed by atoms with Crippen molar-refractivity contribution in [1.29, 1.82) is 0 Å². The van der Waals surface area contributed by atoms with Gasteiger partial charge >= 0.3 is 0 Å². The van der Waals surface area contributed by atoms with Crippen molar-refractivity contribution in [2.24, 2.45) is 0 Å². The molecule has 3 nitrogen and oxygen atoms in total. The quantitative estimate of drug-likeness (QED) is 0.866. The summed E-state index contributed by atoms with van der Waals surface area (Å²) >= 11 is 0. The second kappa shape index (κ2) is 7.81. The molecule has 0 spiro atoms. The Bertz CT molecular complexity index is 435. The Morgan fingerprint density at radius 1 is 1.24 bits per heavy atom. The number of hydrogen-bond donors (Lipinski definition) is 1. The lowest BCUT2D eigenvalue weighted by atomic mass is 9.98. The SMILES string of the molecule is CCOc1ccccc1C(C)N1CC(CC)NCC1CC. The van der Waals surface area contributed by atoms with Crippen molar-refractivity contribution < 1.29 is 4.74 Å². The molecule has 0 aliphatic carbocycles. The molecule has 0 aromatic heterocycles. The number of nitrogens with one attached hydrogen (secondary N) is 1. The van der Waals surface area contributed by atoms with Gasteiger partial charge in [-0.05, 0) is 32.8 Å². The van der Waals surface area contributed by atoms with Gasteiger partial charge in [0.2, 0.25) is 0 Å². The maximum absolute atomic E-state index is 5.83. The second-order valence-electron chi connectivity index (χ2n) is 5.92. The van der Waals surface area contributed by atoms with Gasteiger partial charge in [-0.3, -0.25) is 4.90 Å². The number of nitrogens with zero attached hydrogens (tertiary/aromatic N) is 1. The van der Waals surface area contributed by atoms with Gasteiger partial charge in [-0.25, -0.2) is 0 Å². The fourth-order valence-electron chi connectivity index (χ4n) is 3.31. The van der Waals surface area contributed by atoms with E-state index in [2.05, 4.69) is 55.3 Å². The van der Waals surface area contributed by atoms with Gasteiger partial charge < -0.3 is 10.1 Å². The largest absolute Gasteiger partial charge is 0.494 e. The molecule has 1 saturated heterocycles. The number of benzene rings is 1. The minimum Gasteiger partial charge on any atom is -0.494 e. The lowest BCUT2D eigenvalue weighted by molar-refractivity contribution is 0.0835. The first kappa shape index (κ1) is 16.3. The third-order valence-electron chi connectivity index (χ3n) is 4.67. The number of piperazine rings is 1. The van der Waals surface area contributed by atoms with Gasteiger partial charge in [0.05, 0.1) is 6.61 Å². The van der Waals surface area contributed by atoms with E-state index in [1.807, 2.05) is 6.92 Å². The monoisotopic (exact) mass is 290 g/mol. The van der Waals surface area contributed by atoms with E-state index in [4.69, 9.17) is 4.74 Å². The lowest BCUT2D eigenvalue weighted by Crippen LogP contribution is -2.56. The molecule has 118 valence electrons. The average Bonchev–Trinajstić information content (AvgIpc) is 2.54. The molecule has 1 aliphatic rings. The Balaban J connectivity index is 2.21. The molecule has 1 aliphatic heterocycles. The van der Waals surface area contributed by atoms with Crippen molar-refractivity contribution in [2.75, 3.05) is 19.7 Å². The zero-order chi connectivity index (χ0) is 15.2. The third-order valence-corrected chi connectivity index (χ3v) is 4.67. The average molecular weight is 290 g/mol. The van der Waals surface area contributed by atoms with E-state index in [9.17, 15) is 0 Å². The van der Waals surface area contributed by atoms with Gasteiger partial charge in [-0.15, -0.1) is 0 Å². The highest BCUT2D eigenvalue weighted by molar-refractivity contribution is 5.35. The second-order valence-corrected chi connectivity index (χ2v) is 5.92. The van der Waals surface area contributed by atoms with E-state index in [1.54, 1.807) is 0 Å². The summed E-state index contributed by atoms with van der Waals surface area (Å²) in [5.41, 5.74) is 1.31.